The maximum absolute atomic E-state index is 12.3. The highest BCUT2D eigenvalue weighted by Crippen LogP contribution is 2.19. The highest BCUT2D eigenvalue weighted by Gasteiger charge is 2.15. The quantitative estimate of drug-likeness (QED) is 0.0809. The molecule has 0 saturated heterocycles. The molecule has 0 atom stereocenters. The van der Waals surface area contributed by atoms with Crippen LogP contribution in [-0.4, -0.2) is 39.1 Å². The first kappa shape index (κ1) is 33.5. The molecule has 4 aromatic rings. The molecule has 0 radical (unpaired) electrons. The van der Waals surface area contributed by atoms with Crippen LogP contribution in [-0.2, 0) is 36.1 Å². The van der Waals surface area contributed by atoms with Crippen molar-refractivity contribution in [3.8, 4) is 0 Å². The molecule has 0 unspecified atom stereocenters. The third kappa shape index (κ3) is 10.7. The molecule has 12 nitrogen and oxygen atoms in total. The smallest absolute Gasteiger partial charge is 0.267 e. The summed E-state index contributed by atoms with van der Waals surface area (Å²) >= 11 is 0. The van der Waals surface area contributed by atoms with E-state index in [0.717, 1.165) is 6.08 Å². The van der Waals surface area contributed by atoms with E-state index < -0.39 is 31.9 Å². The lowest BCUT2D eigenvalue weighted by atomic mass is 10.1. The summed E-state index contributed by atoms with van der Waals surface area (Å²) in [7, 11) is -7.39. The van der Waals surface area contributed by atoms with Gasteiger partial charge in [0.15, 0.2) is 0 Å². The molecular formula is C30H30N4O8S2. The van der Waals surface area contributed by atoms with Crippen LogP contribution in [0.1, 0.15) is 17.5 Å². The number of nitrogens with one attached hydrogen (secondary N) is 4. The van der Waals surface area contributed by atoms with E-state index in [-0.39, 0.29) is 16.2 Å². The number of amides is 2. The summed E-state index contributed by atoms with van der Waals surface area (Å²) in [6.45, 7) is 0. The van der Waals surface area contributed by atoms with Gasteiger partial charge in [-0.25, -0.2) is 27.8 Å². The highest BCUT2D eigenvalue weighted by atomic mass is 32.2. The molecule has 0 fully saturated rings. The molecule has 4 aromatic carbocycles. The van der Waals surface area contributed by atoms with Crippen LogP contribution >= 0.6 is 0 Å². The molecule has 0 aromatic heterocycles. The van der Waals surface area contributed by atoms with E-state index >= 15 is 0 Å². The Morgan fingerprint density at radius 1 is 0.636 bits per heavy atom. The fraction of sp³-hybridized carbons (Fsp3) is 0.0667. The monoisotopic (exact) mass is 638 g/mol. The fourth-order valence-electron chi connectivity index (χ4n) is 3.62. The van der Waals surface area contributed by atoms with Crippen LogP contribution in [0, 0.1) is 0 Å². The molecule has 0 saturated carbocycles. The van der Waals surface area contributed by atoms with Gasteiger partial charge in [0.25, 0.3) is 26.0 Å². The highest BCUT2D eigenvalue weighted by molar-refractivity contribution is 7.93. The molecule has 2 amide bonds. The van der Waals surface area contributed by atoms with Crippen molar-refractivity contribution >= 4 is 49.3 Å². The lowest BCUT2D eigenvalue weighted by Crippen LogP contribution is -2.18. The van der Waals surface area contributed by atoms with Gasteiger partial charge in [-0.2, -0.15) is 0 Å². The largest absolute Gasteiger partial charge is 0.289 e. The van der Waals surface area contributed by atoms with Gasteiger partial charge in [0, 0.05) is 23.9 Å². The maximum atomic E-state index is 12.3. The van der Waals surface area contributed by atoms with Gasteiger partial charge < -0.3 is 0 Å². The summed E-state index contributed by atoms with van der Waals surface area (Å²) in [4.78, 5) is 22.1. The van der Waals surface area contributed by atoms with Crippen LogP contribution in [0.2, 0.25) is 0 Å². The molecule has 44 heavy (non-hydrogen) atoms. The first-order chi connectivity index (χ1) is 21.0. The van der Waals surface area contributed by atoms with E-state index in [2.05, 4.69) is 9.44 Å². The molecular weight excluding hydrogens is 608 g/mol. The summed E-state index contributed by atoms with van der Waals surface area (Å²) < 4.78 is 54.2. The summed E-state index contributed by atoms with van der Waals surface area (Å²) in [5.74, 6) is -1.22. The number of anilines is 2. The van der Waals surface area contributed by atoms with E-state index in [1.165, 1.54) is 35.8 Å². The Bertz CT molecular complexity index is 1800. The minimum Gasteiger partial charge on any atom is -0.289 e. The predicted molar refractivity (Wildman–Crippen MR) is 165 cm³/mol. The fourth-order valence-corrected chi connectivity index (χ4v) is 5.86. The van der Waals surface area contributed by atoms with Crippen molar-refractivity contribution in [3.63, 3.8) is 0 Å². The summed E-state index contributed by atoms with van der Waals surface area (Å²) in [6.07, 6.45) is 2.90. The normalized spacial score (nSPS) is 11.1. The van der Waals surface area contributed by atoms with Crippen molar-refractivity contribution < 1.29 is 36.8 Å². The van der Waals surface area contributed by atoms with E-state index in [0.29, 0.717) is 28.9 Å². The van der Waals surface area contributed by atoms with Crippen LogP contribution in [0.15, 0.2) is 125 Å². The second-order valence-corrected chi connectivity index (χ2v) is 12.4. The number of benzene rings is 4. The SMILES string of the molecule is O=C(/C=C/c1cccc(S(=O)(=O)Nc2ccccc2)c1)NO.O=C(CCc1cccc(S(=O)(=O)Nc2ccccc2)c1)NO. The molecule has 14 heteroatoms. The van der Waals surface area contributed by atoms with E-state index in [1.807, 2.05) is 0 Å². The third-order valence-corrected chi connectivity index (χ3v) is 8.49. The lowest BCUT2D eigenvalue weighted by molar-refractivity contribution is -0.129. The Hall–Kier alpha value is -5.02. The summed E-state index contributed by atoms with van der Waals surface area (Å²) in [5.41, 5.74) is 5.15. The average molecular weight is 639 g/mol. The number of carbonyl (C=O) groups is 2. The predicted octanol–water partition coefficient (Wildman–Crippen LogP) is 3.93. The Balaban J connectivity index is 0.000000240. The van der Waals surface area contributed by atoms with Gasteiger partial charge in [-0.1, -0.05) is 60.7 Å². The number of hydrogen-bond donors (Lipinski definition) is 6. The average Bonchev–Trinajstić information content (AvgIpc) is 3.03. The first-order valence-corrected chi connectivity index (χ1v) is 15.9. The molecule has 0 spiro atoms. The Morgan fingerprint density at radius 3 is 1.68 bits per heavy atom. The number of sulfonamides is 2. The van der Waals surface area contributed by atoms with Crippen molar-refractivity contribution in [3.05, 3.63) is 126 Å². The molecule has 0 aliphatic heterocycles. The van der Waals surface area contributed by atoms with E-state index in [4.69, 9.17) is 10.4 Å². The third-order valence-electron chi connectivity index (χ3n) is 5.73. The van der Waals surface area contributed by atoms with Crippen LogP contribution < -0.4 is 20.4 Å². The molecule has 0 aliphatic rings. The zero-order chi connectivity index (χ0) is 32.0. The summed E-state index contributed by atoms with van der Waals surface area (Å²) in [6, 6.07) is 29.5. The zero-order valence-electron chi connectivity index (χ0n) is 23.1. The number of para-hydroxylation sites is 2. The van der Waals surface area contributed by atoms with Crippen molar-refractivity contribution in [2.24, 2.45) is 0 Å². The van der Waals surface area contributed by atoms with Crippen molar-refractivity contribution in [1.82, 2.24) is 11.0 Å². The van der Waals surface area contributed by atoms with Crippen LogP contribution in [0.3, 0.4) is 0 Å². The van der Waals surface area contributed by atoms with Crippen molar-refractivity contribution in [1.29, 1.82) is 0 Å². The molecule has 4 rings (SSSR count). The zero-order valence-corrected chi connectivity index (χ0v) is 24.8. The number of rotatable bonds is 11. The Morgan fingerprint density at radius 2 is 1.16 bits per heavy atom. The molecule has 6 N–H and O–H groups in total. The number of hydrogen-bond acceptors (Lipinski definition) is 8. The molecule has 0 aliphatic carbocycles. The first-order valence-electron chi connectivity index (χ1n) is 12.9. The van der Waals surface area contributed by atoms with Crippen molar-refractivity contribution in [2.45, 2.75) is 22.6 Å². The minimum atomic E-state index is -3.71. The molecule has 0 heterocycles. The van der Waals surface area contributed by atoms with Gasteiger partial charge in [-0.05, 0) is 72.2 Å². The second-order valence-electron chi connectivity index (χ2n) is 9.01. The number of carbonyl (C=O) groups excluding carboxylic acids is 2. The van der Waals surface area contributed by atoms with E-state index in [9.17, 15) is 26.4 Å². The number of aryl methyl sites for hydroxylation is 1. The van der Waals surface area contributed by atoms with Gasteiger partial charge >= 0.3 is 0 Å². The Kier molecular flexibility index (Phi) is 12.2. The standard InChI is InChI=1S/C15H16N2O4S.C15H14N2O4S/c2*18-15(16-19)10-9-12-5-4-8-14(11-12)22(20,21)17-13-6-2-1-3-7-13/h1-8,11,17,19H,9-10H2,(H,16,18);1-11,17,19H,(H,16,18)/b;10-9+. The van der Waals surface area contributed by atoms with Gasteiger partial charge in [0.05, 0.1) is 9.79 Å². The summed E-state index contributed by atoms with van der Waals surface area (Å²) in [5, 5.41) is 16.9. The van der Waals surface area contributed by atoms with Gasteiger partial charge in [0.2, 0.25) is 5.91 Å². The topological polar surface area (TPSA) is 191 Å². The van der Waals surface area contributed by atoms with Crippen LogP contribution in [0.25, 0.3) is 6.08 Å². The van der Waals surface area contributed by atoms with Crippen molar-refractivity contribution in [2.75, 3.05) is 9.44 Å². The second kappa shape index (κ2) is 16.0. The number of hydroxylamine groups is 2. The maximum Gasteiger partial charge on any atom is 0.267 e. The molecule has 230 valence electrons. The minimum absolute atomic E-state index is 0.0721. The van der Waals surface area contributed by atoms with Gasteiger partial charge in [-0.3, -0.25) is 29.4 Å². The van der Waals surface area contributed by atoms with Gasteiger partial charge in [0.1, 0.15) is 0 Å². The lowest BCUT2D eigenvalue weighted by Gasteiger charge is -2.09. The van der Waals surface area contributed by atoms with Gasteiger partial charge in [-0.15, -0.1) is 0 Å². The van der Waals surface area contributed by atoms with E-state index in [1.54, 1.807) is 90.4 Å². The Labute approximate surface area is 255 Å². The van der Waals surface area contributed by atoms with Crippen LogP contribution in [0.5, 0.6) is 0 Å². The van der Waals surface area contributed by atoms with Crippen LogP contribution in [0.4, 0.5) is 11.4 Å². The molecule has 0 bridgehead atoms.